The number of hydrogen-bond acceptors (Lipinski definition) is 2. The molecule has 5 aromatic rings. The number of rotatable bonds is 2. The highest BCUT2D eigenvalue weighted by Gasteiger charge is 2.54. The molecule has 3 aliphatic rings. The van der Waals surface area contributed by atoms with Gasteiger partial charge >= 0.3 is 7.12 Å². The molecule has 3 heteroatoms. The average Bonchev–Trinajstić information content (AvgIpc) is 3.52. The van der Waals surface area contributed by atoms with Crippen LogP contribution in [0.25, 0.3) is 33.4 Å². The van der Waals surface area contributed by atoms with Crippen LogP contribution in [0, 0.1) is 0 Å². The highest BCUT2D eigenvalue weighted by Crippen LogP contribution is 2.63. The van der Waals surface area contributed by atoms with E-state index in [-0.39, 0.29) is 0 Å². The van der Waals surface area contributed by atoms with Crippen LogP contribution in [0.1, 0.15) is 49.9 Å². The van der Waals surface area contributed by atoms with E-state index in [0.717, 1.165) is 5.46 Å². The number of fused-ring (bicyclic) bond motifs is 10. The quantitative estimate of drug-likeness (QED) is 0.216. The van der Waals surface area contributed by atoms with Gasteiger partial charge in [0, 0.05) is 0 Å². The predicted octanol–water partition coefficient (Wildman–Crippen LogP) is 8.00. The van der Waals surface area contributed by atoms with Crippen LogP contribution in [0.3, 0.4) is 0 Å². The lowest BCUT2D eigenvalue weighted by molar-refractivity contribution is 0.00578. The lowest BCUT2D eigenvalue weighted by Crippen LogP contribution is -2.41. The maximum atomic E-state index is 6.53. The molecule has 1 heterocycles. The lowest BCUT2D eigenvalue weighted by atomic mass is 9.68. The van der Waals surface area contributed by atoms with Crippen LogP contribution in [0.5, 0.6) is 0 Å². The van der Waals surface area contributed by atoms with Crippen LogP contribution >= 0.6 is 0 Å². The van der Waals surface area contributed by atoms with Crippen molar-refractivity contribution in [1.82, 2.24) is 0 Å². The van der Waals surface area contributed by atoms with Crippen molar-refractivity contribution in [3.63, 3.8) is 0 Å². The summed E-state index contributed by atoms with van der Waals surface area (Å²) in [4.78, 5) is 0. The monoisotopic (exact) mass is 518 g/mol. The van der Waals surface area contributed by atoms with Gasteiger partial charge in [0.05, 0.1) is 16.6 Å². The summed E-state index contributed by atoms with van der Waals surface area (Å²) < 4.78 is 13.1. The van der Waals surface area contributed by atoms with Gasteiger partial charge in [0.2, 0.25) is 0 Å². The highest BCUT2D eigenvalue weighted by atomic mass is 16.7. The summed E-state index contributed by atoms with van der Waals surface area (Å²) in [6.07, 6.45) is 0. The van der Waals surface area contributed by atoms with Gasteiger partial charge in [0.25, 0.3) is 0 Å². The average molecular weight is 518 g/mol. The Morgan fingerprint density at radius 3 is 1.57 bits per heavy atom. The Hall–Kier alpha value is -3.92. The molecule has 0 amide bonds. The van der Waals surface area contributed by atoms with E-state index in [4.69, 9.17) is 9.31 Å². The fourth-order valence-corrected chi connectivity index (χ4v) is 7.09. The van der Waals surface area contributed by atoms with E-state index in [2.05, 4.69) is 143 Å². The Morgan fingerprint density at radius 2 is 0.950 bits per heavy atom. The predicted molar refractivity (Wildman–Crippen MR) is 164 cm³/mol. The van der Waals surface area contributed by atoms with Crippen LogP contribution in [-0.4, -0.2) is 18.3 Å². The molecule has 1 aliphatic heterocycles. The summed E-state index contributed by atoms with van der Waals surface area (Å²) in [7, 11) is -0.414. The smallest absolute Gasteiger partial charge is 0.399 e. The summed E-state index contributed by atoms with van der Waals surface area (Å²) >= 11 is 0. The molecular weight excluding hydrogens is 487 g/mol. The van der Waals surface area contributed by atoms with Crippen molar-refractivity contribution >= 4 is 12.6 Å². The van der Waals surface area contributed by atoms with Gasteiger partial charge in [0.1, 0.15) is 0 Å². The molecule has 0 saturated carbocycles. The van der Waals surface area contributed by atoms with Crippen molar-refractivity contribution in [1.29, 1.82) is 0 Å². The number of benzene rings is 5. The first-order valence-electron chi connectivity index (χ1n) is 14.2. The Kier molecular flexibility index (Phi) is 4.83. The highest BCUT2D eigenvalue weighted by molar-refractivity contribution is 6.62. The zero-order valence-electron chi connectivity index (χ0n) is 23.4. The molecule has 1 fully saturated rings. The molecule has 8 rings (SSSR count). The fraction of sp³-hybridized carbons (Fsp3) is 0.189. The summed E-state index contributed by atoms with van der Waals surface area (Å²) in [5.74, 6) is 0. The second kappa shape index (κ2) is 8.07. The molecule has 2 aliphatic carbocycles. The zero-order chi connectivity index (χ0) is 27.3. The maximum Gasteiger partial charge on any atom is 0.494 e. The standard InChI is InChI=1S/C37H31BO2/c1-35(2)36(3,4)40-38(39-35)26-19-21-30-29-20-18-25(24-12-6-5-7-13-24)22-33(29)37(34(30)23-26)31-16-10-8-14-27(31)28-15-9-11-17-32(28)37/h5-23H,1-4H3. The topological polar surface area (TPSA) is 18.5 Å². The maximum absolute atomic E-state index is 6.53. The Labute approximate surface area is 236 Å². The minimum atomic E-state index is -0.414. The molecular formula is C37H31BO2. The first-order valence-corrected chi connectivity index (χ1v) is 14.2. The molecule has 0 atom stereocenters. The summed E-state index contributed by atoms with van der Waals surface area (Å²) in [5.41, 5.74) is 12.8. The first kappa shape index (κ1) is 23.9. The second-order valence-electron chi connectivity index (χ2n) is 12.4. The molecule has 0 radical (unpaired) electrons. The van der Waals surface area contributed by atoms with E-state index < -0.39 is 23.7 Å². The lowest BCUT2D eigenvalue weighted by Gasteiger charge is -2.32. The summed E-state index contributed by atoms with van der Waals surface area (Å²) in [5, 5.41) is 0. The molecule has 0 N–H and O–H groups in total. The van der Waals surface area contributed by atoms with Crippen molar-refractivity contribution in [3.8, 4) is 33.4 Å². The third kappa shape index (κ3) is 3.02. The summed E-state index contributed by atoms with van der Waals surface area (Å²) in [6.45, 7) is 8.47. The van der Waals surface area contributed by atoms with Crippen LogP contribution < -0.4 is 5.46 Å². The molecule has 0 aromatic heterocycles. The van der Waals surface area contributed by atoms with Crippen molar-refractivity contribution < 1.29 is 9.31 Å². The molecule has 0 unspecified atom stereocenters. The molecule has 1 saturated heterocycles. The van der Waals surface area contributed by atoms with Crippen LogP contribution in [0.2, 0.25) is 0 Å². The van der Waals surface area contributed by atoms with Crippen molar-refractivity contribution in [2.75, 3.05) is 0 Å². The van der Waals surface area contributed by atoms with Gasteiger partial charge in [-0.05, 0) is 94.9 Å². The van der Waals surface area contributed by atoms with Gasteiger partial charge in [0.15, 0.2) is 0 Å². The molecule has 1 spiro atoms. The minimum absolute atomic E-state index is 0.394. The Bertz CT molecular complexity index is 1760. The first-order chi connectivity index (χ1) is 19.3. The van der Waals surface area contributed by atoms with Crippen LogP contribution in [0.15, 0.2) is 115 Å². The molecule has 40 heavy (non-hydrogen) atoms. The fourth-order valence-electron chi connectivity index (χ4n) is 7.09. The number of hydrogen-bond donors (Lipinski definition) is 0. The second-order valence-corrected chi connectivity index (χ2v) is 12.4. The Morgan fingerprint density at radius 1 is 0.450 bits per heavy atom. The largest absolute Gasteiger partial charge is 0.494 e. The molecule has 0 bridgehead atoms. The zero-order valence-corrected chi connectivity index (χ0v) is 23.4. The van der Waals surface area contributed by atoms with E-state index >= 15 is 0 Å². The van der Waals surface area contributed by atoms with Gasteiger partial charge < -0.3 is 9.31 Å². The summed E-state index contributed by atoms with van der Waals surface area (Å²) in [6, 6.07) is 42.5. The Balaban J connectivity index is 1.42. The van der Waals surface area contributed by atoms with E-state index in [0.29, 0.717) is 0 Å². The van der Waals surface area contributed by atoms with E-state index in [1.807, 2.05) is 0 Å². The van der Waals surface area contributed by atoms with Gasteiger partial charge in [-0.25, -0.2) is 0 Å². The van der Waals surface area contributed by atoms with Gasteiger partial charge in [-0.1, -0.05) is 109 Å². The normalized spacial score (nSPS) is 18.4. The third-order valence-corrected chi connectivity index (χ3v) is 9.75. The third-order valence-electron chi connectivity index (χ3n) is 9.75. The van der Waals surface area contributed by atoms with Gasteiger partial charge in [-0.3, -0.25) is 0 Å². The van der Waals surface area contributed by atoms with Crippen molar-refractivity contribution in [2.45, 2.75) is 44.3 Å². The van der Waals surface area contributed by atoms with Gasteiger partial charge in [-0.15, -0.1) is 0 Å². The molecule has 2 nitrogen and oxygen atoms in total. The minimum Gasteiger partial charge on any atom is -0.399 e. The van der Waals surface area contributed by atoms with Gasteiger partial charge in [-0.2, -0.15) is 0 Å². The van der Waals surface area contributed by atoms with Crippen molar-refractivity contribution in [3.05, 3.63) is 138 Å². The van der Waals surface area contributed by atoms with E-state index in [1.54, 1.807) is 0 Å². The molecule has 194 valence electrons. The van der Waals surface area contributed by atoms with E-state index in [1.165, 1.54) is 55.6 Å². The van der Waals surface area contributed by atoms with Crippen molar-refractivity contribution in [2.24, 2.45) is 0 Å². The van der Waals surface area contributed by atoms with E-state index in [9.17, 15) is 0 Å². The molecule has 5 aromatic carbocycles. The SMILES string of the molecule is CC1(C)OB(c2ccc3c(c2)C2(c4ccccc4-c4ccccc42)c2cc(-c4ccccc4)ccc2-3)OC1(C)C. The van der Waals surface area contributed by atoms with Crippen LogP contribution in [-0.2, 0) is 14.7 Å². The van der Waals surface area contributed by atoms with Crippen LogP contribution in [0.4, 0.5) is 0 Å².